The molecular weight excluding hydrogens is 190 g/mol. The third kappa shape index (κ3) is 10.1. The Morgan fingerprint density at radius 3 is 2.83 bits per heavy atom. The Kier molecular flexibility index (Phi) is 11.1. The van der Waals surface area contributed by atoms with Gasteiger partial charge in [0.25, 0.3) is 0 Å². The molecule has 12 heavy (non-hydrogen) atoms. The van der Waals surface area contributed by atoms with Gasteiger partial charge < -0.3 is 10.5 Å². The molecule has 0 fully saturated rings. The van der Waals surface area contributed by atoms with E-state index in [2.05, 4.69) is 11.5 Å². The Morgan fingerprint density at radius 2 is 2.17 bits per heavy atom. The van der Waals surface area contributed by atoms with Crippen LogP contribution in [-0.4, -0.2) is 18.6 Å². The summed E-state index contributed by atoms with van der Waals surface area (Å²) in [5, 5.41) is 2.06. The van der Waals surface area contributed by atoms with Gasteiger partial charge in [-0.05, 0) is 24.8 Å². The summed E-state index contributed by atoms with van der Waals surface area (Å²) >= 11 is 0. The van der Waals surface area contributed by atoms with Crippen LogP contribution in [0.15, 0.2) is 11.5 Å². The lowest BCUT2D eigenvalue weighted by atomic mass is 10.3. The van der Waals surface area contributed by atoms with Gasteiger partial charge in [0.05, 0.1) is 0 Å². The van der Waals surface area contributed by atoms with E-state index >= 15 is 0 Å². The molecule has 0 heterocycles. The van der Waals surface area contributed by atoms with Crippen molar-refractivity contribution in [1.29, 1.82) is 0 Å². The molecule has 0 saturated heterocycles. The number of rotatable bonds is 8. The number of carbonyl (C=O) groups excluding carboxylic acids is 1. The Bertz CT molecular complexity index is 128. The Labute approximate surface area is 81.8 Å². The molecule has 0 aromatic rings. The van der Waals surface area contributed by atoms with Crippen LogP contribution >= 0.6 is 21.6 Å². The lowest BCUT2D eigenvalue weighted by Crippen LogP contribution is -1.96. The van der Waals surface area contributed by atoms with Gasteiger partial charge in [0.1, 0.15) is 6.29 Å². The molecule has 2 N–H and O–H groups in total. The molecule has 2 nitrogen and oxygen atoms in total. The van der Waals surface area contributed by atoms with Crippen molar-refractivity contribution in [2.24, 2.45) is 5.73 Å². The van der Waals surface area contributed by atoms with Crippen molar-refractivity contribution < 1.29 is 4.79 Å². The van der Waals surface area contributed by atoms with Gasteiger partial charge in [-0.3, -0.25) is 0 Å². The maximum Gasteiger partial charge on any atom is 0.120 e. The van der Waals surface area contributed by atoms with E-state index in [0.717, 1.165) is 31.4 Å². The summed E-state index contributed by atoms with van der Waals surface area (Å²) in [4.78, 5) is 9.92. The second-order valence-corrected chi connectivity index (χ2v) is 4.57. The lowest BCUT2D eigenvalue weighted by molar-refractivity contribution is -0.107. The van der Waals surface area contributed by atoms with Gasteiger partial charge in [-0.2, -0.15) is 0 Å². The summed E-state index contributed by atoms with van der Waals surface area (Å²) in [5.74, 6) is 0.898. The molecule has 0 rings (SSSR count). The molecule has 0 bridgehead atoms. The van der Waals surface area contributed by atoms with Crippen LogP contribution in [0.25, 0.3) is 0 Å². The molecule has 0 saturated carbocycles. The van der Waals surface area contributed by atoms with E-state index in [9.17, 15) is 4.79 Å². The van der Waals surface area contributed by atoms with Crippen LogP contribution in [-0.2, 0) is 4.79 Å². The highest BCUT2D eigenvalue weighted by Crippen LogP contribution is 2.22. The SMILES string of the molecule is NCCC/C=C/SSCCC=O. The first-order chi connectivity index (χ1) is 5.91. The van der Waals surface area contributed by atoms with Crippen LogP contribution in [0.2, 0.25) is 0 Å². The van der Waals surface area contributed by atoms with E-state index in [1.807, 2.05) is 0 Å². The molecule has 4 heteroatoms. The molecule has 0 aromatic carbocycles. The van der Waals surface area contributed by atoms with Crippen LogP contribution in [0.3, 0.4) is 0 Å². The van der Waals surface area contributed by atoms with Crippen molar-refractivity contribution in [2.45, 2.75) is 19.3 Å². The molecule has 0 aliphatic carbocycles. The number of carbonyl (C=O) groups is 1. The second-order valence-electron chi connectivity index (χ2n) is 2.18. The molecule has 0 aromatic heterocycles. The third-order valence-corrected chi connectivity index (χ3v) is 3.20. The molecule has 0 atom stereocenters. The topological polar surface area (TPSA) is 43.1 Å². The zero-order valence-electron chi connectivity index (χ0n) is 7.07. The standard InChI is InChI=1S/C8H15NOS2/c9-5-2-1-3-7-11-12-8-4-6-10/h3,6-7H,1-2,4-5,8-9H2/b7-3+. The number of unbranched alkanes of at least 4 members (excludes halogenated alkanes) is 1. The van der Waals surface area contributed by atoms with Crippen molar-refractivity contribution in [3.05, 3.63) is 11.5 Å². The Morgan fingerprint density at radius 1 is 1.33 bits per heavy atom. The van der Waals surface area contributed by atoms with Gasteiger partial charge in [-0.25, -0.2) is 0 Å². The van der Waals surface area contributed by atoms with Crippen LogP contribution < -0.4 is 5.73 Å². The number of aldehydes is 1. The lowest BCUT2D eigenvalue weighted by Gasteiger charge is -1.91. The van der Waals surface area contributed by atoms with E-state index in [1.165, 1.54) is 0 Å². The van der Waals surface area contributed by atoms with E-state index in [4.69, 9.17) is 5.73 Å². The highest BCUT2D eigenvalue weighted by molar-refractivity contribution is 8.77. The number of allylic oxidation sites excluding steroid dienone is 1. The molecule has 0 radical (unpaired) electrons. The number of nitrogens with two attached hydrogens (primary N) is 1. The van der Waals surface area contributed by atoms with Crippen molar-refractivity contribution in [3.63, 3.8) is 0 Å². The van der Waals surface area contributed by atoms with Crippen LogP contribution in [0.4, 0.5) is 0 Å². The first-order valence-electron chi connectivity index (χ1n) is 3.98. The van der Waals surface area contributed by atoms with Gasteiger partial charge in [0, 0.05) is 12.2 Å². The first kappa shape index (κ1) is 12.1. The average Bonchev–Trinajstić information content (AvgIpc) is 2.10. The number of hydrogen-bond acceptors (Lipinski definition) is 4. The third-order valence-electron chi connectivity index (χ3n) is 1.11. The van der Waals surface area contributed by atoms with Crippen LogP contribution in [0.5, 0.6) is 0 Å². The average molecular weight is 205 g/mol. The molecule has 70 valence electrons. The van der Waals surface area contributed by atoms with Crippen molar-refractivity contribution >= 4 is 27.9 Å². The fourth-order valence-corrected chi connectivity index (χ4v) is 2.16. The molecule has 0 spiro atoms. The summed E-state index contributed by atoms with van der Waals surface area (Å²) in [6, 6.07) is 0. The Hall–Kier alpha value is 0.0700. The van der Waals surface area contributed by atoms with Gasteiger partial charge in [-0.1, -0.05) is 27.7 Å². The fourth-order valence-electron chi connectivity index (χ4n) is 0.527. The van der Waals surface area contributed by atoms with E-state index in [-0.39, 0.29) is 0 Å². The summed E-state index contributed by atoms with van der Waals surface area (Å²) in [6.07, 6.45) is 5.82. The van der Waals surface area contributed by atoms with Crippen molar-refractivity contribution in [3.8, 4) is 0 Å². The maximum atomic E-state index is 9.92. The van der Waals surface area contributed by atoms with Gasteiger partial charge in [-0.15, -0.1) is 0 Å². The van der Waals surface area contributed by atoms with Gasteiger partial charge in [0.2, 0.25) is 0 Å². The second kappa shape index (κ2) is 11.1. The normalized spacial score (nSPS) is 10.8. The summed E-state index contributed by atoms with van der Waals surface area (Å²) in [7, 11) is 3.38. The fraction of sp³-hybridized carbons (Fsp3) is 0.625. The van der Waals surface area contributed by atoms with E-state index in [1.54, 1.807) is 21.6 Å². The molecule has 0 aliphatic heterocycles. The minimum atomic E-state index is 0.647. The summed E-state index contributed by atoms with van der Waals surface area (Å²) in [6.45, 7) is 0.757. The van der Waals surface area contributed by atoms with Gasteiger partial charge >= 0.3 is 0 Å². The summed E-state index contributed by atoms with van der Waals surface area (Å²) < 4.78 is 0. The highest BCUT2D eigenvalue weighted by atomic mass is 33.1. The minimum Gasteiger partial charge on any atom is -0.330 e. The van der Waals surface area contributed by atoms with E-state index < -0.39 is 0 Å². The van der Waals surface area contributed by atoms with Crippen molar-refractivity contribution in [1.82, 2.24) is 0 Å². The zero-order chi connectivity index (χ0) is 9.07. The largest absolute Gasteiger partial charge is 0.330 e. The molecule has 0 aliphatic rings. The van der Waals surface area contributed by atoms with Crippen LogP contribution in [0, 0.1) is 0 Å². The van der Waals surface area contributed by atoms with E-state index in [0.29, 0.717) is 6.42 Å². The first-order valence-corrected chi connectivity index (χ1v) is 6.37. The Balaban J connectivity index is 2.97. The van der Waals surface area contributed by atoms with Gasteiger partial charge in [0.15, 0.2) is 0 Å². The smallest absolute Gasteiger partial charge is 0.120 e. The predicted molar refractivity (Wildman–Crippen MR) is 58.2 cm³/mol. The molecule has 0 unspecified atom stereocenters. The molecular formula is C8H15NOS2. The quantitative estimate of drug-likeness (QED) is 0.375. The monoisotopic (exact) mass is 205 g/mol. The minimum absolute atomic E-state index is 0.647. The zero-order valence-corrected chi connectivity index (χ0v) is 8.70. The predicted octanol–water partition coefficient (Wildman–Crippen LogP) is 2.21. The molecule has 0 amide bonds. The summed E-state index contributed by atoms with van der Waals surface area (Å²) in [5.41, 5.74) is 5.32. The number of hydrogen-bond donors (Lipinski definition) is 1. The van der Waals surface area contributed by atoms with Crippen molar-refractivity contribution in [2.75, 3.05) is 12.3 Å². The van der Waals surface area contributed by atoms with Crippen LogP contribution in [0.1, 0.15) is 19.3 Å². The highest BCUT2D eigenvalue weighted by Gasteiger charge is 1.84. The maximum absolute atomic E-state index is 9.92.